The predicted octanol–water partition coefficient (Wildman–Crippen LogP) is 1.94. The lowest BCUT2D eigenvalue weighted by Crippen LogP contribution is -2.18. The fourth-order valence-corrected chi connectivity index (χ4v) is 1.74. The van der Waals surface area contributed by atoms with E-state index < -0.39 is 0 Å². The molecule has 0 radical (unpaired) electrons. The van der Waals surface area contributed by atoms with Crippen molar-refractivity contribution in [2.75, 3.05) is 7.11 Å². The van der Waals surface area contributed by atoms with Crippen molar-refractivity contribution in [3.05, 3.63) is 59.9 Å². The summed E-state index contributed by atoms with van der Waals surface area (Å²) in [5.74, 6) is -0.333. The molecule has 82 valence electrons. The summed E-state index contributed by atoms with van der Waals surface area (Å²) in [6.45, 7) is 0. The first-order valence-corrected chi connectivity index (χ1v) is 5.09. The number of nitrogens with one attached hydrogen (secondary N) is 1. The number of carbonyl (C=O) groups excluding carboxylic acids is 1. The maximum Gasteiger partial charge on any atom is 0.336 e. The van der Waals surface area contributed by atoms with Gasteiger partial charge in [-0.25, -0.2) is 4.79 Å². The first-order chi connectivity index (χ1) is 7.83. The van der Waals surface area contributed by atoms with Crippen LogP contribution in [-0.2, 0) is 9.53 Å². The van der Waals surface area contributed by atoms with Crippen LogP contribution in [0.5, 0.6) is 0 Å². The fourth-order valence-electron chi connectivity index (χ4n) is 1.74. The third-order valence-electron chi connectivity index (χ3n) is 2.54. The van der Waals surface area contributed by atoms with Gasteiger partial charge >= 0.3 is 5.97 Å². The Balaban J connectivity index is 2.32. The highest BCUT2D eigenvalue weighted by Crippen LogP contribution is 2.27. The van der Waals surface area contributed by atoms with Crippen LogP contribution < -0.4 is 5.32 Å². The van der Waals surface area contributed by atoms with E-state index in [2.05, 4.69) is 5.32 Å². The van der Waals surface area contributed by atoms with Gasteiger partial charge in [0.05, 0.1) is 12.7 Å². The molecule has 0 amide bonds. The zero-order valence-corrected chi connectivity index (χ0v) is 9.01. The summed E-state index contributed by atoms with van der Waals surface area (Å²) in [6.07, 6.45) is 5.45. The molecule has 3 nitrogen and oxygen atoms in total. The molecule has 0 bridgehead atoms. The highest BCUT2D eigenvalue weighted by atomic mass is 16.5. The van der Waals surface area contributed by atoms with Crippen molar-refractivity contribution in [3.8, 4) is 0 Å². The summed E-state index contributed by atoms with van der Waals surface area (Å²) >= 11 is 0. The molecular weight excluding hydrogens is 202 g/mol. The molecule has 3 heteroatoms. The highest BCUT2D eigenvalue weighted by Gasteiger charge is 2.22. The number of ether oxygens (including phenoxy) is 1. The van der Waals surface area contributed by atoms with Crippen molar-refractivity contribution < 1.29 is 9.53 Å². The lowest BCUT2D eigenvalue weighted by atomic mass is 9.90. The molecule has 2 rings (SSSR count). The van der Waals surface area contributed by atoms with Gasteiger partial charge < -0.3 is 10.1 Å². The van der Waals surface area contributed by atoms with Crippen LogP contribution in [0.15, 0.2) is 54.4 Å². The maximum atomic E-state index is 11.6. The molecule has 1 heterocycles. The van der Waals surface area contributed by atoms with Crippen LogP contribution in [0.3, 0.4) is 0 Å². The SMILES string of the molecule is COC(=O)C1=CNC=CC1c1ccccc1. The highest BCUT2D eigenvalue weighted by molar-refractivity contribution is 5.91. The normalized spacial score (nSPS) is 18.6. The molecular formula is C13H13NO2. The minimum Gasteiger partial charge on any atom is -0.466 e. The van der Waals surface area contributed by atoms with Gasteiger partial charge in [-0.05, 0) is 11.8 Å². The quantitative estimate of drug-likeness (QED) is 0.766. The average Bonchev–Trinajstić information content (AvgIpc) is 2.39. The summed E-state index contributed by atoms with van der Waals surface area (Å²) in [4.78, 5) is 11.6. The van der Waals surface area contributed by atoms with Crippen LogP contribution in [0.1, 0.15) is 11.5 Å². The fraction of sp³-hybridized carbons (Fsp3) is 0.154. The van der Waals surface area contributed by atoms with Gasteiger partial charge in [0, 0.05) is 12.1 Å². The van der Waals surface area contributed by atoms with Crippen LogP contribution in [0, 0.1) is 0 Å². The molecule has 1 aromatic carbocycles. The number of benzene rings is 1. The van der Waals surface area contributed by atoms with Crippen molar-refractivity contribution in [3.63, 3.8) is 0 Å². The molecule has 1 aliphatic heterocycles. The Kier molecular flexibility index (Phi) is 3.05. The van der Waals surface area contributed by atoms with Crippen molar-refractivity contribution in [2.24, 2.45) is 0 Å². The summed E-state index contributed by atoms with van der Waals surface area (Å²) < 4.78 is 4.76. The molecule has 0 aromatic heterocycles. The smallest absolute Gasteiger partial charge is 0.336 e. The Bertz CT molecular complexity index is 435. The topological polar surface area (TPSA) is 38.3 Å². The van der Waals surface area contributed by atoms with E-state index in [1.807, 2.05) is 42.6 Å². The Hall–Kier alpha value is -2.03. The van der Waals surface area contributed by atoms with E-state index in [0.717, 1.165) is 5.56 Å². The number of allylic oxidation sites excluding steroid dienone is 1. The van der Waals surface area contributed by atoms with E-state index in [1.165, 1.54) is 7.11 Å². The molecule has 1 aromatic rings. The third kappa shape index (κ3) is 1.98. The zero-order chi connectivity index (χ0) is 11.4. The van der Waals surface area contributed by atoms with E-state index >= 15 is 0 Å². The predicted molar refractivity (Wildman–Crippen MR) is 61.6 cm³/mol. The summed E-state index contributed by atoms with van der Waals surface area (Å²) in [5, 5.41) is 2.91. The molecule has 1 N–H and O–H groups in total. The number of hydrogen-bond donors (Lipinski definition) is 1. The van der Waals surface area contributed by atoms with E-state index in [9.17, 15) is 4.79 Å². The maximum absolute atomic E-state index is 11.6. The van der Waals surface area contributed by atoms with Crippen molar-refractivity contribution >= 4 is 5.97 Å². The van der Waals surface area contributed by atoms with E-state index in [4.69, 9.17) is 4.74 Å². The van der Waals surface area contributed by atoms with Gasteiger partial charge in [-0.1, -0.05) is 36.4 Å². The van der Waals surface area contributed by atoms with Gasteiger partial charge in [0.2, 0.25) is 0 Å². The van der Waals surface area contributed by atoms with Crippen LogP contribution in [0.4, 0.5) is 0 Å². The van der Waals surface area contributed by atoms with E-state index in [0.29, 0.717) is 5.57 Å². The van der Waals surface area contributed by atoms with Gasteiger partial charge in [0.25, 0.3) is 0 Å². The first kappa shape index (κ1) is 10.5. The van der Waals surface area contributed by atoms with Crippen LogP contribution >= 0.6 is 0 Å². The van der Waals surface area contributed by atoms with Gasteiger partial charge in [0.1, 0.15) is 0 Å². The van der Waals surface area contributed by atoms with Crippen molar-refractivity contribution in [1.29, 1.82) is 0 Å². The minimum absolute atomic E-state index is 0.0325. The largest absolute Gasteiger partial charge is 0.466 e. The molecule has 1 unspecified atom stereocenters. The standard InChI is InChI=1S/C13H13NO2/c1-16-13(15)12-9-14-8-7-11(12)10-5-3-2-4-6-10/h2-9,11,14H,1H3. The van der Waals surface area contributed by atoms with Crippen LogP contribution in [0.2, 0.25) is 0 Å². The summed E-state index contributed by atoms with van der Waals surface area (Å²) in [7, 11) is 1.39. The van der Waals surface area contributed by atoms with Gasteiger partial charge in [-0.2, -0.15) is 0 Å². The molecule has 0 spiro atoms. The number of rotatable bonds is 2. The Morgan fingerprint density at radius 2 is 2.06 bits per heavy atom. The monoisotopic (exact) mass is 215 g/mol. The first-order valence-electron chi connectivity index (χ1n) is 5.09. The summed E-state index contributed by atoms with van der Waals surface area (Å²) in [5.41, 5.74) is 1.70. The molecule has 1 aliphatic rings. The van der Waals surface area contributed by atoms with Crippen molar-refractivity contribution in [1.82, 2.24) is 5.32 Å². The number of dihydropyridines is 1. The molecule has 0 fully saturated rings. The van der Waals surface area contributed by atoms with Crippen LogP contribution in [0.25, 0.3) is 0 Å². The van der Waals surface area contributed by atoms with Gasteiger partial charge in [-0.15, -0.1) is 0 Å². The second-order valence-electron chi connectivity index (χ2n) is 3.51. The lowest BCUT2D eigenvalue weighted by molar-refractivity contribution is -0.136. The Morgan fingerprint density at radius 1 is 1.31 bits per heavy atom. The van der Waals surface area contributed by atoms with Gasteiger partial charge in [0.15, 0.2) is 0 Å². The summed E-state index contributed by atoms with van der Waals surface area (Å²) in [6, 6.07) is 9.87. The van der Waals surface area contributed by atoms with E-state index in [-0.39, 0.29) is 11.9 Å². The molecule has 0 saturated carbocycles. The van der Waals surface area contributed by atoms with Gasteiger partial charge in [-0.3, -0.25) is 0 Å². The molecule has 16 heavy (non-hydrogen) atoms. The van der Waals surface area contributed by atoms with Crippen molar-refractivity contribution in [2.45, 2.75) is 5.92 Å². The minimum atomic E-state index is -0.300. The lowest BCUT2D eigenvalue weighted by Gasteiger charge is -2.18. The number of hydrogen-bond acceptors (Lipinski definition) is 3. The molecule has 0 aliphatic carbocycles. The Labute approximate surface area is 94.4 Å². The second kappa shape index (κ2) is 4.66. The van der Waals surface area contributed by atoms with E-state index in [1.54, 1.807) is 6.20 Å². The number of carbonyl (C=O) groups is 1. The zero-order valence-electron chi connectivity index (χ0n) is 9.01. The second-order valence-corrected chi connectivity index (χ2v) is 3.51. The average molecular weight is 215 g/mol. The third-order valence-corrected chi connectivity index (χ3v) is 2.54. The number of methoxy groups -OCH3 is 1. The van der Waals surface area contributed by atoms with Crippen LogP contribution in [-0.4, -0.2) is 13.1 Å². The number of esters is 1. The molecule has 1 atom stereocenters. The Morgan fingerprint density at radius 3 is 2.75 bits per heavy atom. The molecule has 0 saturated heterocycles.